The third kappa shape index (κ3) is 3.50. The molecule has 2 atom stereocenters. The van der Waals surface area contributed by atoms with Crippen molar-refractivity contribution < 1.29 is 13.2 Å². The molecule has 2 fully saturated rings. The highest BCUT2D eigenvalue weighted by Gasteiger charge is 2.35. The van der Waals surface area contributed by atoms with Gasteiger partial charge in [0.05, 0.1) is 27.7 Å². The molecule has 0 radical (unpaired) electrons. The standard InChI is InChI=1S/C21H21N5O3S/c22-21-23-10-14(11-24-21)19-8-18(30(27,28)17-4-2-1-3-5-17)9-20(25-19)26-12-15-6-7-16(13-26)29-15/h1-5,8-11,15-16H,6-7,12-13H2,(H2,22,23,24). The third-order valence-electron chi connectivity index (χ3n) is 5.48. The van der Waals surface area contributed by atoms with E-state index in [1.807, 2.05) is 0 Å². The number of nitrogen functional groups attached to an aromatic ring is 1. The van der Waals surface area contributed by atoms with Gasteiger partial charge in [-0.15, -0.1) is 0 Å². The van der Waals surface area contributed by atoms with Gasteiger partial charge in [0.2, 0.25) is 15.8 Å². The highest BCUT2D eigenvalue weighted by molar-refractivity contribution is 7.91. The average molecular weight is 423 g/mol. The van der Waals surface area contributed by atoms with Crippen molar-refractivity contribution in [3.63, 3.8) is 0 Å². The first kappa shape index (κ1) is 19.0. The van der Waals surface area contributed by atoms with Gasteiger partial charge in [-0.05, 0) is 37.1 Å². The number of hydrogen-bond donors (Lipinski definition) is 1. The maximum absolute atomic E-state index is 13.3. The van der Waals surface area contributed by atoms with Crippen molar-refractivity contribution in [2.24, 2.45) is 0 Å². The van der Waals surface area contributed by atoms with Gasteiger partial charge >= 0.3 is 0 Å². The molecule has 0 amide bonds. The van der Waals surface area contributed by atoms with Gasteiger partial charge in [-0.25, -0.2) is 23.4 Å². The molecule has 154 valence electrons. The van der Waals surface area contributed by atoms with Crippen molar-refractivity contribution in [2.45, 2.75) is 34.8 Å². The van der Waals surface area contributed by atoms with Crippen LogP contribution in [-0.4, -0.2) is 48.7 Å². The van der Waals surface area contributed by atoms with E-state index in [-0.39, 0.29) is 27.9 Å². The van der Waals surface area contributed by atoms with Crippen molar-refractivity contribution in [1.82, 2.24) is 15.0 Å². The van der Waals surface area contributed by atoms with E-state index < -0.39 is 9.84 Å². The Kier molecular flexibility index (Phi) is 4.63. The molecule has 2 aromatic heterocycles. The normalized spacial score (nSPS) is 21.0. The molecule has 2 aliphatic rings. The fraction of sp³-hybridized carbons (Fsp3) is 0.286. The summed E-state index contributed by atoms with van der Waals surface area (Å²) in [7, 11) is -3.71. The lowest BCUT2D eigenvalue weighted by Gasteiger charge is -2.33. The van der Waals surface area contributed by atoms with Crippen LogP contribution >= 0.6 is 0 Å². The van der Waals surface area contributed by atoms with Gasteiger partial charge in [-0.1, -0.05) is 18.2 Å². The van der Waals surface area contributed by atoms with Gasteiger partial charge in [0.15, 0.2) is 0 Å². The number of anilines is 2. The van der Waals surface area contributed by atoms with Crippen LogP contribution in [0, 0.1) is 0 Å². The third-order valence-corrected chi connectivity index (χ3v) is 7.23. The zero-order valence-corrected chi connectivity index (χ0v) is 17.0. The van der Waals surface area contributed by atoms with Crippen LogP contribution in [0.1, 0.15) is 12.8 Å². The van der Waals surface area contributed by atoms with Gasteiger partial charge in [0, 0.05) is 31.0 Å². The highest BCUT2D eigenvalue weighted by Crippen LogP contribution is 2.33. The van der Waals surface area contributed by atoms with Crippen molar-refractivity contribution >= 4 is 21.6 Å². The second kappa shape index (κ2) is 7.33. The Balaban J connectivity index is 1.63. The second-order valence-electron chi connectivity index (χ2n) is 7.56. The summed E-state index contributed by atoms with van der Waals surface area (Å²) >= 11 is 0. The van der Waals surface area contributed by atoms with Crippen LogP contribution in [0.3, 0.4) is 0 Å². The fourth-order valence-corrected chi connectivity index (χ4v) is 5.28. The lowest BCUT2D eigenvalue weighted by molar-refractivity contribution is 0.0302. The zero-order valence-electron chi connectivity index (χ0n) is 16.2. The Morgan fingerprint density at radius 2 is 1.63 bits per heavy atom. The summed E-state index contributed by atoms with van der Waals surface area (Å²) in [4.78, 5) is 15.3. The number of fused-ring (bicyclic) bond motifs is 2. The van der Waals surface area contributed by atoms with Gasteiger partial charge < -0.3 is 15.4 Å². The number of aromatic nitrogens is 3. The van der Waals surface area contributed by atoms with E-state index in [0.29, 0.717) is 30.2 Å². The van der Waals surface area contributed by atoms with Crippen LogP contribution in [0.2, 0.25) is 0 Å². The van der Waals surface area contributed by atoms with Gasteiger partial charge in [0.25, 0.3) is 0 Å². The van der Waals surface area contributed by atoms with Gasteiger partial charge in [-0.3, -0.25) is 0 Å². The van der Waals surface area contributed by atoms with E-state index >= 15 is 0 Å². The summed E-state index contributed by atoms with van der Waals surface area (Å²) in [5.74, 6) is 0.760. The Morgan fingerprint density at radius 3 is 2.30 bits per heavy atom. The maximum atomic E-state index is 13.3. The van der Waals surface area contributed by atoms with Crippen molar-refractivity contribution in [3.05, 3.63) is 54.9 Å². The molecule has 9 heteroatoms. The predicted molar refractivity (Wildman–Crippen MR) is 112 cm³/mol. The molecular weight excluding hydrogens is 402 g/mol. The lowest BCUT2D eigenvalue weighted by atomic mass is 10.2. The number of pyridine rings is 1. The zero-order chi connectivity index (χ0) is 20.7. The van der Waals surface area contributed by atoms with Crippen LogP contribution < -0.4 is 10.6 Å². The van der Waals surface area contributed by atoms with E-state index in [9.17, 15) is 8.42 Å². The number of rotatable bonds is 4. The molecule has 2 N–H and O–H groups in total. The molecule has 0 saturated carbocycles. The number of morpholine rings is 1. The molecule has 0 spiro atoms. The summed E-state index contributed by atoms with van der Waals surface area (Å²) in [6.45, 7) is 1.38. The van der Waals surface area contributed by atoms with E-state index in [4.69, 9.17) is 15.5 Å². The molecule has 1 aromatic carbocycles. The second-order valence-corrected chi connectivity index (χ2v) is 9.50. The Bertz CT molecular complexity index is 1160. The average Bonchev–Trinajstić information content (AvgIpc) is 3.12. The molecule has 2 aliphatic heterocycles. The number of nitrogens with zero attached hydrogens (tertiary/aromatic N) is 4. The SMILES string of the molecule is Nc1ncc(-c2cc(S(=O)(=O)c3ccccc3)cc(N3CC4CCC(C3)O4)n2)cn1. The number of hydrogen-bond acceptors (Lipinski definition) is 8. The van der Waals surface area contributed by atoms with Crippen LogP contribution in [-0.2, 0) is 14.6 Å². The summed E-state index contributed by atoms with van der Waals surface area (Å²) in [5.41, 5.74) is 6.69. The van der Waals surface area contributed by atoms with Gasteiger partial charge in [-0.2, -0.15) is 0 Å². The minimum Gasteiger partial charge on any atom is -0.371 e. The van der Waals surface area contributed by atoms with E-state index in [1.165, 1.54) is 0 Å². The molecule has 2 saturated heterocycles. The Labute approximate surface area is 174 Å². The minimum atomic E-state index is -3.71. The number of ether oxygens (including phenoxy) is 1. The molecule has 3 aromatic rings. The summed E-state index contributed by atoms with van der Waals surface area (Å²) in [5, 5.41) is 0. The van der Waals surface area contributed by atoms with E-state index in [0.717, 1.165) is 12.8 Å². The monoisotopic (exact) mass is 423 g/mol. The number of benzene rings is 1. The molecule has 30 heavy (non-hydrogen) atoms. The van der Waals surface area contributed by atoms with E-state index in [1.54, 1.807) is 54.9 Å². The molecule has 2 bridgehead atoms. The molecule has 4 heterocycles. The van der Waals surface area contributed by atoms with Gasteiger partial charge in [0.1, 0.15) is 5.82 Å². The molecule has 2 unspecified atom stereocenters. The first-order valence-electron chi connectivity index (χ1n) is 9.79. The summed E-state index contributed by atoms with van der Waals surface area (Å²) in [6.07, 6.45) is 5.45. The summed E-state index contributed by atoms with van der Waals surface area (Å²) in [6, 6.07) is 11.6. The maximum Gasteiger partial charge on any atom is 0.219 e. The Hall–Kier alpha value is -3.04. The van der Waals surface area contributed by atoms with Crippen LogP contribution in [0.4, 0.5) is 11.8 Å². The van der Waals surface area contributed by atoms with Crippen LogP contribution in [0.15, 0.2) is 64.6 Å². The highest BCUT2D eigenvalue weighted by atomic mass is 32.2. The smallest absolute Gasteiger partial charge is 0.219 e. The predicted octanol–water partition coefficient (Wildman–Crippen LogP) is 2.32. The topological polar surface area (TPSA) is 111 Å². The number of nitrogens with two attached hydrogens (primary N) is 1. The van der Waals surface area contributed by atoms with Crippen LogP contribution in [0.5, 0.6) is 0 Å². The molecule has 5 rings (SSSR count). The van der Waals surface area contributed by atoms with Crippen molar-refractivity contribution in [1.29, 1.82) is 0 Å². The minimum absolute atomic E-state index is 0.150. The largest absolute Gasteiger partial charge is 0.371 e. The Morgan fingerprint density at radius 1 is 0.967 bits per heavy atom. The first-order valence-corrected chi connectivity index (χ1v) is 11.3. The van der Waals surface area contributed by atoms with E-state index in [2.05, 4.69) is 14.9 Å². The van der Waals surface area contributed by atoms with Crippen LogP contribution in [0.25, 0.3) is 11.3 Å². The molecule has 0 aliphatic carbocycles. The summed E-state index contributed by atoms with van der Waals surface area (Å²) < 4.78 is 32.6. The fourth-order valence-electron chi connectivity index (χ4n) is 3.96. The number of sulfone groups is 1. The lowest BCUT2D eigenvalue weighted by Crippen LogP contribution is -2.43. The molecular formula is C21H21N5O3S. The quantitative estimate of drug-likeness (QED) is 0.681. The molecule has 8 nitrogen and oxygen atoms in total. The first-order chi connectivity index (χ1) is 14.5. The van der Waals surface area contributed by atoms with Crippen molar-refractivity contribution in [3.8, 4) is 11.3 Å². The van der Waals surface area contributed by atoms with Crippen molar-refractivity contribution in [2.75, 3.05) is 23.7 Å².